The predicted molar refractivity (Wildman–Crippen MR) is 105 cm³/mol. The van der Waals surface area contributed by atoms with Crippen LogP contribution in [0.15, 0.2) is 42.7 Å². The van der Waals surface area contributed by atoms with Crippen LogP contribution in [0.25, 0.3) is 0 Å². The van der Waals surface area contributed by atoms with Crippen molar-refractivity contribution in [2.75, 3.05) is 12.8 Å². The van der Waals surface area contributed by atoms with Gasteiger partial charge in [0.1, 0.15) is 6.04 Å². The summed E-state index contributed by atoms with van der Waals surface area (Å²) in [6, 6.07) is 9.81. The predicted octanol–water partition coefficient (Wildman–Crippen LogP) is 2.34. The third-order valence-electron chi connectivity index (χ3n) is 5.40. The van der Waals surface area contributed by atoms with Crippen molar-refractivity contribution in [3.63, 3.8) is 0 Å². The van der Waals surface area contributed by atoms with Crippen LogP contribution in [0, 0.1) is 0 Å². The third-order valence-corrected chi connectivity index (χ3v) is 6.91. The maximum Gasteiger partial charge on any atom is 0.246 e. The Morgan fingerprint density at radius 3 is 2.89 bits per heavy atom. The van der Waals surface area contributed by atoms with E-state index in [0.717, 1.165) is 12.0 Å². The summed E-state index contributed by atoms with van der Waals surface area (Å²) < 4.78 is 1.88. The molecule has 2 aliphatic rings. The molecule has 7 heteroatoms. The number of likely N-dealkylation sites (N-methyl/N-ethyl adjacent to an activating group) is 1. The minimum Gasteiger partial charge on any atom is -0.339 e. The average Bonchev–Trinajstić information content (AvgIpc) is 3.31. The first-order valence-electron chi connectivity index (χ1n) is 9.23. The molecule has 2 aliphatic heterocycles. The number of benzene rings is 1. The Labute approximate surface area is 163 Å². The Balaban J connectivity index is 1.40. The lowest BCUT2D eigenvalue weighted by Crippen LogP contribution is -2.50. The maximum atomic E-state index is 13.0. The first kappa shape index (κ1) is 18.1. The van der Waals surface area contributed by atoms with Crippen LogP contribution < -0.4 is 0 Å². The lowest BCUT2D eigenvalue weighted by molar-refractivity contribution is -0.143. The standard InChI is InChI=1S/C20H24N4O2S/c1-20-9-8-18(25)24(20)17(14-27-20)19(26)22(2)11-16-10-21-23(13-16)12-15-6-4-3-5-7-15/h3-7,10,13,17H,8-9,11-12,14H2,1-2H3/t17-,20+/m1/s1. The second kappa shape index (κ2) is 7.03. The summed E-state index contributed by atoms with van der Waals surface area (Å²) in [5.41, 5.74) is 2.18. The molecule has 6 nitrogen and oxygen atoms in total. The Hall–Kier alpha value is -2.28. The van der Waals surface area contributed by atoms with Crippen molar-refractivity contribution < 1.29 is 9.59 Å². The molecule has 2 fully saturated rings. The summed E-state index contributed by atoms with van der Waals surface area (Å²) in [4.78, 5) is 28.6. The molecule has 0 aliphatic carbocycles. The monoisotopic (exact) mass is 384 g/mol. The van der Waals surface area contributed by atoms with Crippen LogP contribution >= 0.6 is 11.8 Å². The second-order valence-corrected chi connectivity index (χ2v) is 8.99. The molecule has 2 atom stereocenters. The maximum absolute atomic E-state index is 13.0. The van der Waals surface area contributed by atoms with Gasteiger partial charge in [0.05, 0.1) is 17.6 Å². The summed E-state index contributed by atoms with van der Waals surface area (Å²) in [6.45, 7) is 3.27. The molecule has 0 spiro atoms. The number of hydrogen-bond donors (Lipinski definition) is 0. The minimum absolute atomic E-state index is 0.0114. The topological polar surface area (TPSA) is 58.4 Å². The number of amides is 2. The Morgan fingerprint density at radius 1 is 1.33 bits per heavy atom. The quantitative estimate of drug-likeness (QED) is 0.794. The number of carbonyl (C=O) groups is 2. The van der Waals surface area contributed by atoms with E-state index in [1.54, 1.807) is 29.9 Å². The highest BCUT2D eigenvalue weighted by Crippen LogP contribution is 2.47. The van der Waals surface area contributed by atoms with Crippen molar-refractivity contribution in [1.82, 2.24) is 19.6 Å². The molecule has 1 aromatic carbocycles. The summed E-state index contributed by atoms with van der Waals surface area (Å²) >= 11 is 1.73. The molecular weight excluding hydrogens is 360 g/mol. The van der Waals surface area contributed by atoms with E-state index in [2.05, 4.69) is 24.2 Å². The molecule has 1 aromatic heterocycles. The Bertz CT molecular complexity index is 853. The fourth-order valence-corrected chi connectivity index (χ4v) is 5.38. The van der Waals surface area contributed by atoms with E-state index in [9.17, 15) is 9.59 Å². The van der Waals surface area contributed by atoms with E-state index in [4.69, 9.17) is 0 Å². The Morgan fingerprint density at radius 2 is 2.11 bits per heavy atom. The van der Waals surface area contributed by atoms with E-state index in [-0.39, 0.29) is 22.7 Å². The van der Waals surface area contributed by atoms with Gasteiger partial charge in [-0.1, -0.05) is 30.3 Å². The van der Waals surface area contributed by atoms with Gasteiger partial charge >= 0.3 is 0 Å². The largest absolute Gasteiger partial charge is 0.339 e. The highest BCUT2D eigenvalue weighted by Gasteiger charge is 2.53. The highest BCUT2D eigenvalue weighted by atomic mass is 32.2. The van der Waals surface area contributed by atoms with Gasteiger partial charge < -0.3 is 9.80 Å². The van der Waals surface area contributed by atoms with Crippen LogP contribution in [-0.2, 0) is 22.7 Å². The minimum atomic E-state index is -0.348. The van der Waals surface area contributed by atoms with Gasteiger partial charge in [-0.2, -0.15) is 5.10 Å². The van der Waals surface area contributed by atoms with E-state index in [1.165, 1.54) is 5.56 Å². The number of carbonyl (C=O) groups excluding carboxylic acids is 2. The van der Waals surface area contributed by atoms with E-state index in [1.807, 2.05) is 34.0 Å². The smallest absolute Gasteiger partial charge is 0.246 e. The lowest BCUT2D eigenvalue weighted by atomic mass is 10.2. The van der Waals surface area contributed by atoms with Crippen molar-refractivity contribution in [3.8, 4) is 0 Å². The van der Waals surface area contributed by atoms with Gasteiger partial charge in [0.15, 0.2) is 0 Å². The van der Waals surface area contributed by atoms with Crippen molar-refractivity contribution in [1.29, 1.82) is 0 Å². The lowest BCUT2D eigenvalue weighted by Gasteiger charge is -2.31. The molecule has 27 heavy (non-hydrogen) atoms. The molecule has 4 rings (SSSR count). The fourth-order valence-electron chi connectivity index (χ4n) is 3.95. The number of nitrogens with zero attached hydrogens (tertiary/aromatic N) is 4. The second-order valence-electron chi connectivity index (χ2n) is 7.49. The number of thioether (sulfide) groups is 1. The molecule has 2 saturated heterocycles. The third kappa shape index (κ3) is 3.48. The van der Waals surface area contributed by atoms with Gasteiger partial charge in [0.2, 0.25) is 11.8 Å². The number of hydrogen-bond acceptors (Lipinski definition) is 4. The fraction of sp³-hybridized carbons (Fsp3) is 0.450. The molecule has 0 unspecified atom stereocenters. The summed E-state index contributed by atoms with van der Waals surface area (Å²) in [6.07, 6.45) is 5.16. The Kier molecular flexibility index (Phi) is 4.72. The molecule has 3 heterocycles. The zero-order chi connectivity index (χ0) is 19.0. The van der Waals surface area contributed by atoms with Crippen LogP contribution in [-0.4, -0.2) is 55.1 Å². The van der Waals surface area contributed by atoms with Crippen molar-refractivity contribution in [2.45, 2.75) is 43.8 Å². The van der Waals surface area contributed by atoms with Crippen molar-refractivity contribution in [2.24, 2.45) is 0 Å². The molecule has 142 valence electrons. The van der Waals surface area contributed by atoms with Crippen molar-refractivity contribution >= 4 is 23.6 Å². The zero-order valence-electron chi connectivity index (χ0n) is 15.7. The van der Waals surface area contributed by atoms with Gasteiger partial charge in [0, 0.05) is 37.5 Å². The summed E-state index contributed by atoms with van der Waals surface area (Å²) in [5.74, 6) is 0.792. The van der Waals surface area contributed by atoms with Gasteiger partial charge in [-0.25, -0.2) is 0 Å². The first-order valence-corrected chi connectivity index (χ1v) is 10.2. The summed E-state index contributed by atoms with van der Waals surface area (Å²) in [5, 5.41) is 4.41. The molecule has 0 radical (unpaired) electrons. The zero-order valence-corrected chi connectivity index (χ0v) is 16.5. The molecule has 2 aromatic rings. The van der Waals surface area contributed by atoms with Crippen LogP contribution in [0.2, 0.25) is 0 Å². The molecule has 0 saturated carbocycles. The number of fused-ring (bicyclic) bond motifs is 1. The van der Waals surface area contributed by atoms with Crippen LogP contribution in [0.1, 0.15) is 30.9 Å². The van der Waals surface area contributed by atoms with Crippen molar-refractivity contribution in [3.05, 3.63) is 53.9 Å². The summed E-state index contributed by atoms with van der Waals surface area (Å²) in [7, 11) is 1.80. The number of rotatable bonds is 5. The number of aromatic nitrogens is 2. The van der Waals surface area contributed by atoms with Gasteiger partial charge in [-0.3, -0.25) is 14.3 Å². The van der Waals surface area contributed by atoms with E-state index in [0.29, 0.717) is 25.3 Å². The van der Waals surface area contributed by atoms with Gasteiger partial charge in [-0.05, 0) is 18.9 Å². The first-order chi connectivity index (χ1) is 13.0. The molecule has 0 bridgehead atoms. The van der Waals surface area contributed by atoms with Crippen LogP contribution in [0.3, 0.4) is 0 Å². The molecular formula is C20H24N4O2S. The molecule has 0 N–H and O–H groups in total. The average molecular weight is 385 g/mol. The highest BCUT2D eigenvalue weighted by molar-refractivity contribution is 8.01. The SMILES string of the molecule is CN(Cc1cnn(Cc2ccccc2)c1)C(=O)[C@H]1CS[C@@]2(C)CCC(=O)N12. The molecule has 2 amide bonds. The van der Waals surface area contributed by atoms with Crippen LogP contribution in [0.5, 0.6) is 0 Å². The van der Waals surface area contributed by atoms with Gasteiger partial charge in [0.25, 0.3) is 0 Å². The van der Waals surface area contributed by atoms with E-state index >= 15 is 0 Å². The normalized spacial score (nSPS) is 24.3. The van der Waals surface area contributed by atoms with E-state index < -0.39 is 0 Å². The van der Waals surface area contributed by atoms with Crippen LogP contribution in [0.4, 0.5) is 0 Å². The van der Waals surface area contributed by atoms with Gasteiger partial charge in [-0.15, -0.1) is 11.8 Å².